The van der Waals surface area contributed by atoms with Gasteiger partial charge in [-0.2, -0.15) is 0 Å². The zero-order valence-corrected chi connectivity index (χ0v) is 18.8. The molecular formula is C24H35N3O3. The van der Waals surface area contributed by atoms with Crippen LogP contribution in [0.4, 0.5) is 0 Å². The van der Waals surface area contributed by atoms with E-state index >= 15 is 0 Å². The summed E-state index contributed by atoms with van der Waals surface area (Å²) in [6, 6.07) is 11.6. The molecule has 2 aromatic rings. The normalized spacial score (nSPS) is 10.8. The van der Waals surface area contributed by atoms with Crippen molar-refractivity contribution in [2.75, 3.05) is 33.4 Å². The van der Waals surface area contributed by atoms with E-state index in [1.165, 1.54) is 5.56 Å². The van der Waals surface area contributed by atoms with Crippen LogP contribution < -0.4 is 0 Å². The van der Waals surface area contributed by atoms with E-state index in [1.54, 1.807) is 16.9 Å². The molecule has 0 aliphatic carbocycles. The summed E-state index contributed by atoms with van der Waals surface area (Å²) in [5.41, 5.74) is 2.86. The van der Waals surface area contributed by atoms with E-state index in [-0.39, 0.29) is 18.4 Å². The molecule has 0 spiro atoms. The molecule has 6 heteroatoms. The van der Waals surface area contributed by atoms with Gasteiger partial charge in [0.1, 0.15) is 6.54 Å². The Hall–Kier alpha value is -2.60. The first-order valence-corrected chi connectivity index (χ1v) is 10.7. The van der Waals surface area contributed by atoms with Gasteiger partial charge in [-0.15, -0.1) is 0 Å². The van der Waals surface area contributed by atoms with Gasteiger partial charge in [0.15, 0.2) is 0 Å². The van der Waals surface area contributed by atoms with E-state index < -0.39 is 0 Å². The van der Waals surface area contributed by atoms with Crippen molar-refractivity contribution in [2.24, 2.45) is 7.05 Å². The van der Waals surface area contributed by atoms with Gasteiger partial charge in [0.05, 0.1) is 13.2 Å². The zero-order valence-electron chi connectivity index (χ0n) is 18.8. The molecule has 0 bridgehead atoms. The van der Waals surface area contributed by atoms with Gasteiger partial charge in [-0.05, 0) is 42.7 Å². The first-order valence-electron chi connectivity index (χ1n) is 10.7. The minimum Gasteiger partial charge on any atom is -0.383 e. The predicted molar refractivity (Wildman–Crippen MR) is 119 cm³/mol. The van der Waals surface area contributed by atoms with Crippen LogP contribution >= 0.6 is 0 Å². The number of hydrogen-bond acceptors (Lipinski definition) is 3. The zero-order chi connectivity index (χ0) is 21.9. The Labute approximate surface area is 180 Å². The van der Waals surface area contributed by atoms with Crippen molar-refractivity contribution in [3.63, 3.8) is 0 Å². The van der Waals surface area contributed by atoms with E-state index in [4.69, 9.17) is 4.74 Å². The van der Waals surface area contributed by atoms with E-state index in [0.717, 1.165) is 25.0 Å². The number of carbonyl (C=O) groups is 2. The molecule has 0 aliphatic heterocycles. The number of amides is 2. The number of aromatic nitrogens is 1. The molecule has 0 fully saturated rings. The summed E-state index contributed by atoms with van der Waals surface area (Å²) in [4.78, 5) is 29.7. The lowest BCUT2D eigenvalue weighted by Crippen LogP contribution is -2.44. The van der Waals surface area contributed by atoms with Crippen molar-refractivity contribution in [2.45, 2.75) is 39.7 Å². The Morgan fingerprint density at radius 3 is 2.33 bits per heavy atom. The van der Waals surface area contributed by atoms with Crippen LogP contribution in [0.3, 0.4) is 0 Å². The number of aryl methyl sites for hydroxylation is 2. The molecule has 2 rings (SSSR count). The van der Waals surface area contributed by atoms with E-state index in [1.807, 2.05) is 54.2 Å². The van der Waals surface area contributed by atoms with Gasteiger partial charge >= 0.3 is 0 Å². The average molecular weight is 414 g/mol. The standard InChI is InChI=1S/C24H35N3O3/c1-5-7-15-27(24(29)21-12-10-20(6-2)11-13-21)19-23(28)26(16-17-30-4)18-22-9-8-14-25(22)3/h8-14H,5-7,15-19H2,1-4H3. The average Bonchev–Trinajstić information content (AvgIpc) is 3.17. The Bertz CT molecular complexity index is 798. The summed E-state index contributed by atoms with van der Waals surface area (Å²) in [7, 11) is 3.59. The lowest BCUT2D eigenvalue weighted by molar-refractivity contribution is -0.133. The number of benzene rings is 1. The molecule has 0 atom stereocenters. The fraction of sp³-hybridized carbons (Fsp3) is 0.500. The van der Waals surface area contributed by atoms with Crippen molar-refractivity contribution >= 4 is 11.8 Å². The molecular weight excluding hydrogens is 378 g/mol. The smallest absolute Gasteiger partial charge is 0.254 e. The quantitative estimate of drug-likeness (QED) is 0.535. The number of methoxy groups -OCH3 is 1. The highest BCUT2D eigenvalue weighted by Crippen LogP contribution is 2.12. The third-order valence-corrected chi connectivity index (χ3v) is 5.33. The summed E-state index contributed by atoms with van der Waals surface area (Å²) < 4.78 is 7.20. The number of ether oxygens (including phenoxy) is 1. The van der Waals surface area contributed by atoms with Crippen LogP contribution in [0.15, 0.2) is 42.6 Å². The summed E-state index contributed by atoms with van der Waals surface area (Å²) in [6.07, 6.45) is 4.72. The van der Waals surface area contributed by atoms with Gasteiger partial charge in [-0.3, -0.25) is 9.59 Å². The summed E-state index contributed by atoms with van der Waals surface area (Å²) in [5, 5.41) is 0. The highest BCUT2D eigenvalue weighted by atomic mass is 16.5. The SMILES string of the molecule is CCCCN(CC(=O)N(CCOC)Cc1cccn1C)C(=O)c1ccc(CC)cc1. The monoisotopic (exact) mass is 413 g/mol. The predicted octanol–water partition coefficient (Wildman–Crippen LogP) is 3.51. The third-order valence-electron chi connectivity index (χ3n) is 5.33. The van der Waals surface area contributed by atoms with Gasteiger partial charge in [0, 0.05) is 44.7 Å². The minimum atomic E-state index is -0.0926. The van der Waals surface area contributed by atoms with Crippen LogP contribution in [0.5, 0.6) is 0 Å². The van der Waals surface area contributed by atoms with E-state index in [2.05, 4.69) is 13.8 Å². The Kier molecular flexibility index (Phi) is 9.61. The first-order chi connectivity index (χ1) is 14.5. The highest BCUT2D eigenvalue weighted by molar-refractivity contribution is 5.96. The molecule has 2 amide bonds. The number of nitrogens with zero attached hydrogens (tertiary/aromatic N) is 3. The summed E-state index contributed by atoms with van der Waals surface area (Å²) >= 11 is 0. The number of hydrogen-bond donors (Lipinski definition) is 0. The van der Waals surface area contributed by atoms with Crippen molar-refractivity contribution in [1.82, 2.24) is 14.4 Å². The van der Waals surface area contributed by atoms with E-state index in [0.29, 0.717) is 31.8 Å². The fourth-order valence-electron chi connectivity index (χ4n) is 3.28. The number of rotatable bonds is 12. The second-order valence-corrected chi connectivity index (χ2v) is 7.55. The second kappa shape index (κ2) is 12.2. The highest BCUT2D eigenvalue weighted by Gasteiger charge is 2.22. The molecule has 0 aliphatic rings. The van der Waals surface area contributed by atoms with Gasteiger partial charge in [-0.25, -0.2) is 0 Å². The third kappa shape index (κ3) is 6.73. The maximum absolute atomic E-state index is 13.2. The molecule has 30 heavy (non-hydrogen) atoms. The van der Waals surface area contributed by atoms with Gasteiger partial charge in [-0.1, -0.05) is 32.4 Å². The van der Waals surface area contributed by atoms with Crippen LogP contribution in [0.2, 0.25) is 0 Å². The number of unbranched alkanes of at least 4 members (excludes halogenated alkanes) is 1. The van der Waals surface area contributed by atoms with Crippen LogP contribution in [0.25, 0.3) is 0 Å². The van der Waals surface area contributed by atoms with Crippen molar-refractivity contribution in [1.29, 1.82) is 0 Å². The maximum atomic E-state index is 13.2. The van der Waals surface area contributed by atoms with E-state index in [9.17, 15) is 9.59 Å². The molecule has 0 N–H and O–H groups in total. The molecule has 1 aromatic carbocycles. The summed E-state index contributed by atoms with van der Waals surface area (Å²) in [6.45, 7) is 6.25. The van der Waals surface area contributed by atoms with Crippen LogP contribution in [-0.2, 0) is 29.5 Å². The van der Waals surface area contributed by atoms with Gasteiger partial charge < -0.3 is 19.1 Å². The van der Waals surface area contributed by atoms with Crippen LogP contribution in [0, 0.1) is 0 Å². The molecule has 1 heterocycles. The lowest BCUT2D eigenvalue weighted by Gasteiger charge is -2.28. The van der Waals surface area contributed by atoms with Crippen molar-refractivity contribution in [3.8, 4) is 0 Å². The fourth-order valence-corrected chi connectivity index (χ4v) is 3.28. The topological polar surface area (TPSA) is 54.8 Å². The van der Waals surface area contributed by atoms with Gasteiger partial charge in [0.25, 0.3) is 5.91 Å². The van der Waals surface area contributed by atoms with Crippen molar-refractivity contribution < 1.29 is 14.3 Å². The molecule has 0 saturated carbocycles. The maximum Gasteiger partial charge on any atom is 0.254 e. The molecule has 164 valence electrons. The Balaban J connectivity index is 2.14. The molecule has 0 saturated heterocycles. The molecule has 0 unspecified atom stereocenters. The second-order valence-electron chi connectivity index (χ2n) is 7.55. The molecule has 1 aromatic heterocycles. The lowest BCUT2D eigenvalue weighted by atomic mass is 10.1. The largest absolute Gasteiger partial charge is 0.383 e. The number of carbonyl (C=O) groups excluding carboxylic acids is 2. The Morgan fingerprint density at radius 1 is 1.03 bits per heavy atom. The minimum absolute atomic E-state index is 0.0668. The Morgan fingerprint density at radius 2 is 1.77 bits per heavy atom. The van der Waals surface area contributed by atoms with Gasteiger partial charge in [0.2, 0.25) is 5.91 Å². The molecule has 0 radical (unpaired) electrons. The summed E-state index contributed by atoms with van der Waals surface area (Å²) in [5.74, 6) is -0.159. The molecule has 6 nitrogen and oxygen atoms in total. The van der Waals surface area contributed by atoms with Crippen LogP contribution in [-0.4, -0.2) is 59.5 Å². The van der Waals surface area contributed by atoms with Crippen LogP contribution in [0.1, 0.15) is 48.3 Å². The first kappa shape index (κ1) is 23.7. The van der Waals surface area contributed by atoms with Crippen molar-refractivity contribution in [3.05, 3.63) is 59.4 Å².